The Morgan fingerprint density at radius 3 is 2.17 bits per heavy atom. The molecule has 0 radical (unpaired) electrons. The van der Waals surface area contributed by atoms with Crippen LogP contribution in [0.2, 0.25) is 0 Å². The predicted molar refractivity (Wildman–Crippen MR) is 165 cm³/mol. The molecule has 0 bridgehead atoms. The van der Waals surface area contributed by atoms with Crippen molar-refractivity contribution < 1.29 is 50.6 Å². The van der Waals surface area contributed by atoms with Crippen molar-refractivity contribution in [3.05, 3.63) is 65.2 Å². The summed E-state index contributed by atoms with van der Waals surface area (Å²) in [6.45, 7) is 9.89. The number of ether oxygens (including phenoxy) is 1. The zero-order valence-electron chi connectivity index (χ0n) is 27.2. The SMILES string of the molecule is CC=Cc1cc(C(O)(C(F)(F)F)C(F)(F)F)ccc1N1CC(C)N(C(=O)CN2C(=O)N[C@](C)(c3ccc(OC(C)C)cc3)C2=O)CC1C. The molecule has 4 rings (SSSR count). The maximum atomic E-state index is 13.6. The van der Waals surface area contributed by atoms with Crippen LogP contribution in [0.5, 0.6) is 5.75 Å². The standard InChI is InChI=1S/C33H38F6N4O5/c1-7-8-22-15-24(31(47,32(34,35)36)33(37,38)39)11-14-26(22)41-16-21(5)42(17-20(41)4)27(44)18-43-28(45)30(6,40-29(43)46)23-9-12-25(13-10-23)48-19(2)3/h7-15,19-21,47H,16-18H2,1-6H3,(H,40,46)/t20?,21?,30-/m1/s1. The van der Waals surface area contributed by atoms with Gasteiger partial charge >= 0.3 is 18.4 Å². The molecule has 2 fully saturated rings. The first-order valence-electron chi connectivity index (χ1n) is 15.3. The first kappa shape index (κ1) is 36.6. The van der Waals surface area contributed by atoms with E-state index in [1.54, 1.807) is 43.0 Å². The van der Waals surface area contributed by atoms with Gasteiger partial charge < -0.3 is 25.0 Å². The monoisotopic (exact) mass is 684 g/mol. The van der Waals surface area contributed by atoms with Crippen molar-refractivity contribution in [1.29, 1.82) is 0 Å². The molecule has 9 nitrogen and oxygen atoms in total. The number of urea groups is 1. The summed E-state index contributed by atoms with van der Waals surface area (Å²) in [5, 5.41) is 12.6. The van der Waals surface area contributed by atoms with Crippen LogP contribution >= 0.6 is 0 Å². The number of benzene rings is 2. The van der Waals surface area contributed by atoms with E-state index in [0.717, 1.165) is 11.0 Å². The Labute approximate surface area is 274 Å². The fourth-order valence-corrected chi connectivity index (χ4v) is 6.05. The lowest BCUT2D eigenvalue weighted by Crippen LogP contribution is -2.60. The van der Waals surface area contributed by atoms with E-state index >= 15 is 0 Å². The summed E-state index contributed by atoms with van der Waals surface area (Å²) in [7, 11) is 0. The normalized spacial score (nSPS) is 22.6. The molecule has 3 atom stereocenters. The minimum atomic E-state index is -6.04. The number of alkyl halides is 6. The van der Waals surface area contributed by atoms with E-state index in [4.69, 9.17) is 4.74 Å². The van der Waals surface area contributed by atoms with Crippen molar-refractivity contribution >= 4 is 29.6 Å². The quantitative estimate of drug-likeness (QED) is 0.273. The van der Waals surface area contributed by atoms with Gasteiger partial charge in [-0.15, -0.1) is 0 Å². The Morgan fingerprint density at radius 1 is 1.02 bits per heavy atom. The summed E-state index contributed by atoms with van der Waals surface area (Å²) in [6, 6.07) is 7.25. The number of hydrogen-bond acceptors (Lipinski definition) is 6. The number of carbonyl (C=O) groups is 3. The molecule has 2 unspecified atom stereocenters. The Balaban J connectivity index is 1.52. The maximum absolute atomic E-state index is 13.6. The third-order valence-electron chi connectivity index (χ3n) is 8.60. The van der Waals surface area contributed by atoms with Crippen LogP contribution in [0, 0.1) is 0 Å². The first-order valence-corrected chi connectivity index (χ1v) is 15.3. The molecule has 2 aromatic rings. The topological polar surface area (TPSA) is 102 Å². The Hall–Kier alpha value is -4.27. The van der Waals surface area contributed by atoms with Crippen molar-refractivity contribution in [2.75, 3.05) is 24.5 Å². The van der Waals surface area contributed by atoms with Crippen LogP contribution < -0.4 is 15.0 Å². The van der Waals surface area contributed by atoms with Crippen LogP contribution in [-0.2, 0) is 20.7 Å². The molecular weight excluding hydrogens is 646 g/mol. The van der Waals surface area contributed by atoms with Crippen LogP contribution in [-0.4, -0.2) is 82.9 Å². The fraction of sp³-hybridized carbons (Fsp3) is 0.485. The second-order valence-corrected chi connectivity index (χ2v) is 12.5. The van der Waals surface area contributed by atoms with Gasteiger partial charge in [-0.3, -0.25) is 14.5 Å². The average Bonchev–Trinajstić information content (AvgIpc) is 3.20. The number of halogens is 6. The molecule has 0 saturated carbocycles. The number of piperazine rings is 1. The molecular formula is C33H38F6N4O5. The summed E-state index contributed by atoms with van der Waals surface area (Å²) >= 11 is 0. The van der Waals surface area contributed by atoms with Crippen LogP contribution in [0.4, 0.5) is 36.8 Å². The van der Waals surface area contributed by atoms with Crippen molar-refractivity contribution in [3.63, 3.8) is 0 Å². The highest BCUT2D eigenvalue weighted by molar-refractivity contribution is 6.09. The highest BCUT2D eigenvalue weighted by Gasteiger charge is 2.71. The second-order valence-electron chi connectivity index (χ2n) is 12.5. The molecule has 2 saturated heterocycles. The van der Waals surface area contributed by atoms with Gasteiger partial charge in [-0.05, 0) is 76.9 Å². The van der Waals surface area contributed by atoms with Crippen LogP contribution in [0.15, 0.2) is 48.5 Å². The van der Waals surface area contributed by atoms with Crippen molar-refractivity contribution in [2.45, 2.75) is 83.2 Å². The van der Waals surface area contributed by atoms with Gasteiger partial charge in [0.15, 0.2) is 0 Å². The zero-order chi connectivity index (χ0) is 36.0. The Bertz CT molecular complexity index is 1560. The molecule has 2 aliphatic rings. The average molecular weight is 685 g/mol. The molecule has 2 N–H and O–H groups in total. The molecule has 15 heteroatoms. The van der Waals surface area contributed by atoms with Gasteiger partial charge in [0.25, 0.3) is 11.5 Å². The number of anilines is 1. The number of nitrogens with one attached hydrogen (secondary N) is 1. The van der Waals surface area contributed by atoms with E-state index in [1.807, 2.05) is 13.8 Å². The van der Waals surface area contributed by atoms with E-state index < -0.39 is 65.5 Å². The summed E-state index contributed by atoms with van der Waals surface area (Å²) in [5.74, 6) is -0.556. The van der Waals surface area contributed by atoms with Gasteiger partial charge in [-0.1, -0.05) is 30.4 Å². The third-order valence-corrected chi connectivity index (χ3v) is 8.60. The van der Waals surface area contributed by atoms with E-state index in [0.29, 0.717) is 29.1 Å². The maximum Gasteiger partial charge on any atom is 0.430 e. The molecule has 2 heterocycles. The van der Waals surface area contributed by atoms with Crippen molar-refractivity contribution in [1.82, 2.24) is 15.1 Å². The summed E-state index contributed by atoms with van der Waals surface area (Å²) in [4.78, 5) is 44.0. The zero-order valence-corrected chi connectivity index (χ0v) is 27.2. The number of allylic oxidation sites excluding steroid dienone is 1. The van der Waals surface area contributed by atoms with E-state index in [1.165, 1.54) is 30.9 Å². The summed E-state index contributed by atoms with van der Waals surface area (Å²) < 4.78 is 87.1. The van der Waals surface area contributed by atoms with Crippen LogP contribution in [0.1, 0.15) is 58.2 Å². The summed E-state index contributed by atoms with van der Waals surface area (Å²) in [6.07, 6.45) is -9.36. The van der Waals surface area contributed by atoms with Crippen LogP contribution in [0.25, 0.3) is 6.08 Å². The number of imide groups is 1. The largest absolute Gasteiger partial charge is 0.491 e. The van der Waals surface area contributed by atoms with E-state index in [-0.39, 0.29) is 24.8 Å². The number of nitrogens with zero attached hydrogens (tertiary/aromatic N) is 3. The van der Waals surface area contributed by atoms with Crippen molar-refractivity contribution in [2.24, 2.45) is 0 Å². The van der Waals surface area contributed by atoms with E-state index in [2.05, 4.69) is 5.32 Å². The minimum absolute atomic E-state index is 0.00294. The van der Waals surface area contributed by atoms with E-state index in [9.17, 15) is 45.8 Å². The van der Waals surface area contributed by atoms with Gasteiger partial charge in [0, 0.05) is 36.4 Å². The molecule has 2 aliphatic heterocycles. The highest BCUT2D eigenvalue weighted by atomic mass is 19.4. The predicted octanol–water partition coefficient (Wildman–Crippen LogP) is 5.71. The lowest BCUT2D eigenvalue weighted by atomic mass is 9.89. The van der Waals surface area contributed by atoms with Crippen LogP contribution in [0.3, 0.4) is 0 Å². The Morgan fingerprint density at radius 2 is 1.62 bits per heavy atom. The highest BCUT2D eigenvalue weighted by Crippen LogP contribution is 2.50. The van der Waals surface area contributed by atoms with Gasteiger partial charge in [0.1, 0.15) is 17.8 Å². The molecule has 0 spiro atoms. The first-order chi connectivity index (χ1) is 22.1. The van der Waals surface area contributed by atoms with Gasteiger partial charge in [0.2, 0.25) is 5.91 Å². The smallest absolute Gasteiger partial charge is 0.430 e. The Kier molecular flexibility index (Phi) is 9.88. The lowest BCUT2D eigenvalue weighted by molar-refractivity contribution is -0.376. The minimum Gasteiger partial charge on any atom is -0.491 e. The third kappa shape index (κ3) is 6.56. The molecule has 0 aliphatic carbocycles. The molecule has 2 aromatic carbocycles. The van der Waals surface area contributed by atoms with Gasteiger partial charge in [-0.2, -0.15) is 26.3 Å². The van der Waals surface area contributed by atoms with Crippen molar-refractivity contribution in [3.8, 4) is 5.75 Å². The lowest BCUT2D eigenvalue weighted by Gasteiger charge is -2.46. The van der Waals surface area contributed by atoms with Gasteiger partial charge in [0.05, 0.1) is 6.10 Å². The molecule has 4 amide bonds. The number of aliphatic hydroxyl groups is 1. The molecule has 0 aromatic heterocycles. The fourth-order valence-electron chi connectivity index (χ4n) is 6.05. The molecule has 262 valence electrons. The number of rotatable bonds is 8. The van der Waals surface area contributed by atoms with Gasteiger partial charge in [-0.25, -0.2) is 4.79 Å². The number of carbonyl (C=O) groups excluding carboxylic acids is 3. The summed E-state index contributed by atoms with van der Waals surface area (Å²) in [5.41, 5.74) is -7.10. The number of amides is 4. The molecule has 48 heavy (non-hydrogen) atoms. The second kappa shape index (κ2) is 13.0. The number of hydrogen-bond donors (Lipinski definition) is 2.